The highest BCUT2D eigenvalue weighted by Crippen LogP contribution is 2.66. The number of carbonyl (C=O) groups excluding carboxylic acids is 3. The number of nitro groups is 1. The number of ether oxygens (including phenoxy) is 1. The number of carbonyl (C=O) groups is 3. The molecule has 2 aromatic carbocycles. The van der Waals surface area contributed by atoms with Crippen molar-refractivity contribution in [3.05, 3.63) is 69.2 Å². The number of hydrogen-bond donors (Lipinski definition) is 0. The summed E-state index contributed by atoms with van der Waals surface area (Å²) in [6, 6.07) is 11.5. The lowest BCUT2D eigenvalue weighted by molar-refractivity contribution is -0.384. The topological polar surface area (TPSA) is 107 Å². The summed E-state index contributed by atoms with van der Waals surface area (Å²) >= 11 is 5.92. The zero-order valence-corrected chi connectivity index (χ0v) is 15.3. The minimum Gasteiger partial charge on any atom is -0.469 e. The molecule has 1 saturated carbocycles. The number of anilines is 1. The number of imide groups is 1. The highest BCUT2D eigenvalue weighted by Gasteiger charge is 2.83. The molecule has 0 N–H and O–H groups in total. The van der Waals surface area contributed by atoms with Crippen molar-refractivity contribution in [2.24, 2.45) is 11.8 Å². The first-order valence-corrected chi connectivity index (χ1v) is 8.68. The van der Waals surface area contributed by atoms with E-state index in [2.05, 4.69) is 0 Å². The number of nitro benzene ring substituents is 1. The predicted octanol–water partition coefficient (Wildman–Crippen LogP) is 2.48. The van der Waals surface area contributed by atoms with Gasteiger partial charge in [-0.1, -0.05) is 23.7 Å². The molecule has 1 aliphatic carbocycles. The van der Waals surface area contributed by atoms with Crippen molar-refractivity contribution in [1.29, 1.82) is 0 Å². The van der Waals surface area contributed by atoms with Gasteiger partial charge in [0.1, 0.15) is 5.41 Å². The molecule has 0 spiro atoms. The van der Waals surface area contributed by atoms with Crippen LogP contribution in [0.3, 0.4) is 0 Å². The number of piperidine rings is 1. The first kappa shape index (κ1) is 18.1. The van der Waals surface area contributed by atoms with Gasteiger partial charge in [0.15, 0.2) is 0 Å². The molecular weight excluding hydrogens is 388 g/mol. The Morgan fingerprint density at radius 2 is 1.75 bits per heavy atom. The fraction of sp³-hybridized carbons (Fsp3) is 0.211. The van der Waals surface area contributed by atoms with E-state index in [-0.39, 0.29) is 11.4 Å². The molecule has 1 heterocycles. The number of methoxy groups -OCH3 is 1. The van der Waals surface area contributed by atoms with E-state index in [4.69, 9.17) is 16.3 Å². The van der Waals surface area contributed by atoms with E-state index in [1.54, 1.807) is 24.3 Å². The van der Waals surface area contributed by atoms with E-state index in [1.165, 1.54) is 31.4 Å². The Balaban J connectivity index is 1.78. The summed E-state index contributed by atoms with van der Waals surface area (Å²) in [4.78, 5) is 49.8. The molecule has 2 aromatic rings. The van der Waals surface area contributed by atoms with Crippen molar-refractivity contribution in [3.63, 3.8) is 0 Å². The average Bonchev–Trinajstić information content (AvgIpc) is 3.33. The molecule has 2 amide bonds. The quantitative estimate of drug-likeness (QED) is 0.338. The summed E-state index contributed by atoms with van der Waals surface area (Å²) in [6.45, 7) is 0. The fourth-order valence-electron chi connectivity index (χ4n) is 4.04. The number of esters is 1. The SMILES string of the molecule is COC(=O)[C@@H]1[C@@H]2C(=O)N(c3ccc([N+](=O)[O-])cc3)C(=O)[C@]12c1ccc(Cl)cc1. The van der Waals surface area contributed by atoms with Crippen LogP contribution >= 0.6 is 11.6 Å². The van der Waals surface area contributed by atoms with Crippen LogP contribution in [0.5, 0.6) is 0 Å². The van der Waals surface area contributed by atoms with Crippen molar-refractivity contribution in [3.8, 4) is 0 Å². The van der Waals surface area contributed by atoms with Crippen LogP contribution in [0.25, 0.3) is 0 Å². The number of rotatable bonds is 4. The Bertz CT molecular complexity index is 1020. The normalized spacial score (nSPS) is 25.4. The number of fused-ring (bicyclic) bond motifs is 1. The predicted molar refractivity (Wildman–Crippen MR) is 97.7 cm³/mol. The number of nitrogens with zero attached hydrogens (tertiary/aromatic N) is 2. The van der Waals surface area contributed by atoms with Crippen LogP contribution in [0.4, 0.5) is 11.4 Å². The van der Waals surface area contributed by atoms with E-state index < -0.39 is 40.0 Å². The van der Waals surface area contributed by atoms with Crippen molar-refractivity contribution in [2.75, 3.05) is 12.0 Å². The molecular formula is C19H13ClN2O6. The highest BCUT2D eigenvalue weighted by molar-refractivity contribution is 6.32. The van der Waals surface area contributed by atoms with E-state index in [1.807, 2.05) is 0 Å². The Morgan fingerprint density at radius 3 is 2.29 bits per heavy atom. The lowest BCUT2D eigenvalue weighted by Gasteiger charge is -2.22. The third-order valence-electron chi connectivity index (χ3n) is 5.34. The maximum Gasteiger partial charge on any atom is 0.310 e. The molecule has 3 atom stereocenters. The monoisotopic (exact) mass is 400 g/mol. The van der Waals surface area contributed by atoms with Crippen molar-refractivity contribution >= 4 is 40.8 Å². The molecule has 0 bridgehead atoms. The number of benzene rings is 2. The summed E-state index contributed by atoms with van der Waals surface area (Å²) < 4.78 is 4.80. The fourth-order valence-corrected chi connectivity index (χ4v) is 4.17. The number of amides is 2. The third-order valence-corrected chi connectivity index (χ3v) is 5.60. The zero-order chi connectivity index (χ0) is 20.2. The minimum atomic E-state index is -1.35. The summed E-state index contributed by atoms with van der Waals surface area (Å²) in [7, 11) is 1.20. The molecule has 4 rings (SSSR count). The van der Waals surface area contributed by atoms with Gasteiger partial charge in [0.25, 0.3) is 5.69 Å². The molecule has 2 aliphatic rings. The maximum absolute atomic E-state index is 13.3. The van der Waals surface area contributed by atoms with Gasteiger partial charge in [0, 0.05) is 17.2 Å². The standard InChI is InChI=1S/C19H13ClN2O6/c1-28-17(24)15-14-16(23)21(12-6-8-13(9-7-12)22(26)27)18(25)19(14,15)10-2-4-11(20)5-3-10/h2-9,14-15H,1H3/t14-,15+,19+/m1/s1. The van der Waals surface area contributed by atoms with Gasteiger partial charge in [0.2, 0.25) is 11.8 Å². The highest BCUT2D eigenvalue weighted by atomic mass is 35.5. The summed E-state index contributed by atoms with van der Waals surface area (Å²) in [5.74, 6) is -3.53. The van der Waals surface area contributed by atoms with Gasteiger partial charge in [-0.25, -0.2) is 4.90 Å². The summed E-state index contributed by atoms with van der Waals surface area (Å²) in [6.07, 6.45) is 0. The van der Waals surface area contributed by atoms with E-state index in [9.17, 15) is 24.5 Å². The van der Waals surface area contributed by atoms with E-state index in [0.717, 1.165) is 4.90 Å². The number of non-ortho nitro benzene ring substituents is 1. The van der Waals surface area contributed by atoms with Crippen molar-refractivity contribution < 1.29 is 24.0 Å². The van der Waals surface area contributed by atoms with Crippen LogP contribution in [-0.2, 0) is 24.5 Å². The number of halogens is 1. The second-order valence-electron chi connectivity index (χ2n) is 6.61. The molecule has 0 aromatic heterocycles. The first-order valence-electron chi connectivity index (χ1n) is 8.30. The molecule has 1 aliphatic heterocycles. The molecule has 0 unspecified atom stereocenters. The second-order valence-corrected chi connectivity index (χ2v) is 7.04. The average molecular weight is 401 g/mol. The smallest absolute Gasteiger partial charge is 0.310 e. The summed E-state index contributed by atoms with van der Waals surface area (Å²) in [5, 5.41) is 11.3. The van der Waals surface area contributed by atoms with Crippen LogP contribution in [-0.4, -0.2) is 29.8 Å². The van der Waals surface area contributed by atoms with Crippen LogP contribution in [0, 0.1) is 22.0 Å². The van der Waals surface area contributed by atoms with Crippen molar-refractivity contribution in [2.45, 2.75) is 5.41 Å². The molecule has 9 heteroatoms. The minimum absolute atomic E-state index is 0.159. The van der Waals surface area contributed by atoms with Gasteiger partial charge in [0.05, 0.1) is 29.6 Å². The largest absolute Gasteiger partial charge is 0.469 e. The van der Waals surface area contributed by atoms with E-state index >= 15 is 0 Å². The van der Waals surface area contributed by atoms with Crippen molar-refractivity contribution in [1.82, 2.24) is 0 Å². The number of hydrogen-bond acceptors (Lipinski definition) is 6. The van der Waals surface area contributed by atoms with Gasteiger partial charge >= 0.3 is 5.97 Å². The Labute approximate surface area is 163 Å². The Morgan fingerprint density at radius 1 is 1.14 bits per heavy atom. The zero-order valence-electron chi connectivity index (χ0n) is 14.5. The van der Waals surface area contributed by atoms with Gasteiger partial charge in [-0.05, 0) is 29.8 Å². The van der Waals surface area contributed by atoms with Crippen LogP contribution in [0.15, 0.2) is 48.5 Å². The molecule has 2 fully saturated rings. The molecule has 8 nitrogen and oxygen atoms in total. The summed E-state index contributed by atoms with van der Waals surface area (Å²) in [5.41, 5.74) is -0.797. The lowest BCUT2D eigenvalue weighted by Crippen LogP contribution is -2.40. The Hall–Kier alpha value is -3.26. The molecule has 0 radical (unpaired) electrons. The maximum atomic E-state index is 13.3. The molecule has 142 valence electrons. The van der Waals surface area contributed by atoms with Gasteiger partial charge in [-0.3, -0.25) is 24.5 Å². The van der Waals surface area contributed by atoms with Crippen LogP contribution in [0.1, 0.15) is 5.56 Å². The van der Waals surface area contributed by atoms with Gasteiger partial charge < -0.3 is 4.74 Å². The molecule has 28 heavy (non-hydrogen) atoms. The third kappa shape index (κ3) is 2.27. The first-order chi connectivity index (χ1) is 13.3. The van der Waals surface area contributed by atoms with Gasteiger partial charge in [-0.2, -0.15) is 0 Å². The molecule has 1 saturated heterocycles. The van der Waals surface area contributed by atoms with Crippen LogP contribution in [0.2, 0.25) is 5.02 Å². The second kappa shape index (κ2) is 6.13. The lowest BCUT2D eigenvalue weighted by atomic mass is 9.91. The Kier molecular flexibility index (Phi) is 3.97. The van der Waals surface area contributed by atoms with Crippen LogP contribution < -0.4 is 4.90 Å². The van der Waals surface area contributed by atoms with E-state index in [0.29, 0.717) is 10.6 Å². The van der Waals surface area contributed by atoms with Gasteiger partial charge in [-0.15, -0.1) is 0 Å².